The zero-order chi connectivity index (χ0) is 11.4. The van der Waals surface area contributed by atoms with Crippen LogP contribution in [0.1, 0.15) is 6.92 Å². The van der Waals surface area contributed by atoms with E-state index in [1.165, 1.54) is 0 Å². The van der Waals surface area contributed by atoms with Crippen molar-refractivity contribution in [1.82, 2.24) is 20.1 Å². The quantitative estimate of drug-likeness (QED) is 0.531. The number of rotatable bonds is 1. The van der Waals surface area contributed by atoms with Gasteiger partial charge >= 0.3 is 23.5 Å². The molecule has 0 aromatic carbocycles. The Morgan fingerprint density at radius 1 is 1.47 bits per heavy atom. The van der Waals surface area contributed by atoms with E-state index in [2.05, 4.69) is 4.74 Å². The fourth-order valence-electron chi connectivity index (χ4n) is 0.787. The van der Waals surface area contributed by atoms with Gasteiger partial charge in [-0.3, -0.25) is 4.98 Å². The summed E-state index contributed by atoms with van der Waals surface area (Å²) >= 11 is 0. The predicted molar refractivity (Wildman–Crippen MR) is 46.6 cm³/mol. The molecule has 1 rings (SSSR count). The molecule has 0 spiro atoms. The van der Waals surface area contributed by atoms with Crippen molar-refractivity contribution >= 4 is 12.1 Å². The number of alkyl carbamates (subject to hydrolysis) is 1. The van der Waals surface area contributed by atoms with Crippen molar-refractivity contribution in [3.8, 4) is 0 Å². The molecule has 15 heavy (non-hydrogen) atoms. The Morgan fingerprint density at radius 3 is 2.60 bits per heavy atom. The normalized spacial score (nSPS) is 9.67. The largest absolute Gasteiger partial charge is 0.450 e. The van der Waals surface area contributed by atoms with E-state index in [9.17, 15) is 19.2 Å². The molecule has 0 aliphatic rings. The second-order valence-corrected chi connectivity index (χ2v) is 2.36. The van der Waals surface area contributed by atoms with Crippen molar-refractivity contribution in [2.24, 2.45) is 0 Å². The van der Waals surface area contributed by atoms with Gasteiger partial charge in [0.25, 0.3) is 0 Å². The maximum Gasteiger partial charge on any atom is 0.415 e. The van der Waals surface area contributed by atoms with Gasteiger partial charge in [-0.15, -0.1) is 4.68 Å². The molecule has 9 nitrogen and oxygen atoms in total. The summed E-state index contributed by atoms with van der Waals surface area (Å²) in [4.78, 5) is 45.2. The topological polar surface area (TPSA) is 126 Å². The minimum absolute atomic E-state index is 0.0810. The van der Waals surface area contributed by atoms with Gasteiger partial charge in [0.1, 0.15) is 0 Å². The van der Waals surface area contributed by atoms with Gasteiger partial charge in [-0.2, -0.15) is 0 Å². The molecule has 3 N–H and O–H groups in total. The number of nitrogens with zero attached hydrogens (tertiary/aromatic N) is 1. The Labute approximate surface area is 82.0 Å². The van der Waals surface area contributed by atoms with Crippen molar-refractivity contribution in [2.45, 2.75) is 6.92 Å². The van der Waals surface area contributed by atoms with E-state index in [0.29, 0.717) is 4.68 Å². The smallest absolute Gasteiger partial charge is 0.415 e. The lowest BCUT2D eigenvalue weighted by Gasteiger charge is -2.02. The SMILES string of the molecule is CCOC(=O)NC(=O)n1[nH]c(=O)[nH]c1=O. The van der Waals surface area contributed by atoms with Crippen molar-refractivity contribution in [1.29, 1.82) is 0 Å². The van der Waals surface area contributed by atoms with E-state index in [1.807, 2.05) is 5.10 Å². The van der Waals surface area contributed by atoms with Crippen LogP contribution in [0.3, 0.4) is 0 Å². The Bertz CT molecular complexity index is 480. The van der Waals surface area contributed by atoms with Gasteiger partial charge in [-0.1, -0.05) is 0 Å². The van der Waals surface area contributed by atoms with Crippen molar-refractivity contribution in [2.75, 3.05) is 6.61 Å². The number of amides is 2. The maximum atomic E-state index is 11.1. The monoisotopic (exact) mass is 216 g/mol. The van der Waals surface area contributed by atoms with Crippen molar-refractivity contribution < 1.29 is 14.3 Å². The average Bonchev–Trinajstić information content (AvgIpc) is 2.45. The molecule has 2 amide bonds. The van der Waals surface area contributed by atoms with Crippen LogP contribution in [0.2, 0.25) is 0 Å². The molecular weight excluding hydrogens is 208 g/mol. The second-order valence-electron chi connectivity index (χ2n) is 2.36. The minimum atomic E-state index is -1.10. The molecule has 0 unspecified atom stereocenters. The Kier molecular flexibility index (Phi) is 3.06. The summed E-state index contributed by atoms with van der Waals surface area (Å²) < 4.78 is 4.71. The fraction of sp³-hybridized carbons (Fsp3) is 0.333. The second kappa shape index (κ2) is 4.26. The highest BCUT2D eigenvalue weighted by atomic mass is 16.5. The fourth-order valence-corrected chi connectivity index (χ4v) is 0.787. The molecule has 1 heterocycles. The van der Waals surface area contributed by atoms with Crippen LogP contribution in [0, 0.1) is 0 Å². The average molecular weight is 216 g/mol. The summed E-state index contributed by atoms with van der Waals surface area (Å²) in [5.74, 6) is 0. The molecule has 0 atom stereocenters. The van der Waals surface area contributed by atoms with Gasteiger partial charge in [0.2, 0.25) is 0 Å². The third kappa shape index (κ3) is 2.56. The lowest BCUT2D eigenvalue weighted by atomic mass is 10.8. The van der Waals surface area contributed by atoms with Gasteiger partial charge in [0.05, 0.1) is 6.61 Å². The highest BCUT2D eigenvalue weighted by Crippen LogP contribution is 1.77. The molecule has 0 saturated carbocycles. The van der Waals surface area contributed by atoms with Gasteiger partial charge in [-0.25, -0.2) is 29.6 Å². The molecule has 1 aromatic heterocycles. The van der Waals surface area contributed by atoms with Crippen LogP contribution in [0.15, 0.2) is 9.59 Å². The molecule has 0 aliphatic carbocycles. The summed E-state index contributed by atoms with van der Waals surface area (Å²) in [5.41, 5.74) is -1.82. The van der Waals surface area contributed by atoms with E-state index in [0.717, 1.165) is 0 Å². The summed E-state index contributed by atoms with van der Waals surface area (Å²) in [6.07, 6.45) is -1.00. The number of carbonyl (C=O) groups excluding carboxylic acids is 2. The number of hydrogen-bond donors (Lipinski definition) is 3. The minimum Gasteiger partial charge on any atom is -0.450 e. The van der Waals surface area contributed by atoms with Crippen LogP contribution in [0.25, 0.3) is 0 Å². The molecule has 0 bridgehead atoms. The summed E-state index contributed by atoms with van der Waals surface area (Å²) in [5, 5.41) is 3.59. The lowest BCUT2D eigenvalue weighted by Crippen LogP contribution is -2.39. The van der Waals surface area contributed by atoms with Crippen LogP contribution in [-0.2, 0) is 4.74 Å². The first kappa shape index (κ1) is 10.8. The Hall–Kier alpha value is -2.32. The van der Waals surface area contributed by atoms with Crippen LogP contribution in [0.5, 0.6) is 0 Å². The number of carbonyl (C=O) groups is 2. The molecule has 9 heteroatoms. The summed E-state index contributed by atoms with van der Waals surface area (Å²) in [6.45, 7) is 1.63. The first-order chi connectivity index (χ1) is 7.04. The van der Waals surface area contributed by atoms with Crippen LogP contribution in [-0.4, -0.2) is 33.5 Å². The Balaban J connectivity index is 2.78. The van der Waals surface area contributed by atoms with Crippen LogP contribution >= 0.6 is 0 Å². The Morgan fingerprint density at radius 2 is 2.13 bits per heavy atom. The van der Waals surface area contributed by atoms with Crippen LogP contribution < -0.4 is 16.7 Å². The summed E-state index contributed by atoms with van der Waals surface area (Å²) in [6, 6.07) is -1.10. The number of hydrogen-bond acceptors (Lipinski definition) is 5. The standard InChI is InChI=1S/C6H8N4O5/c1-2-15-6(14)8-5(13)10-4(12)7-3(11)9-10/h2H2,1H3,(H,8,13,14)(H2,7,9,11,12). The lowest BCUT2D eigenvalue weighted by molar-refractivity contribution is 0.152. The van der Waals surface area contributed by atoms with Gasteiger partial charge in [0, 0.05) is 0 Å². The highest BCUT2D eigenvalue weighted by molar-refractivity contribution is 5.91. The first-order valence-corrected chi connectivity index (χ1v) is 3.94. The number of imide groups is 1. The molecule has 0 fully saturated rings. The highest BCUT2D eigenvalue weighted by Gasteiger charge is 2.13. The molecule has 0 saturated heterocycles. The van der Waals surface area contributed by atoms with E-state index >= 15 is 0 Å². The number of aromatic amines is 2. The third-order valence-corrected chi connectivity index (χ3v) is 1.32. The summed E-state index contributed by atoms with van der Waals surface area (Å²) in [7, 11) is 0. The first-order valence-electron chi connectivity index (χ1n) is 3.94. The molecule has 1 aromatic rings. The van der Waals surface area contributed by atoms with E-state index in [4.69, 9.17) is 0 Å². The molecule has 0 radical (unpaired) electrons. The third-order valence-electron chi connectivity index (χ3n) is 1.32. The maximum absolute atomic E-state index is 11.1. The predicted octanol–water partition coefficient (Wildman–Crippen LogP) is -1.42. The molecule has 0 aliphatic heterocycles. The van der Waals surface area contributed by atoms with Gasteiger partial charge in [-0.05, 0) is 6.92 Å². The van der Waals surface area contributed by atoms with Crippen molar-refractivity contribution in [3.63, 3.8) is 0 Å². The van der Waals surface area contributed by atoms with Crippen molar-refractivity contribution in [3.05, 3.63) is 21.0 Å². The van der Waals surface area contributed by atoms with E-state index in [-0.39, 0.29) is 6.61 Å². The number of ether oxygens (including phenoxy) is 1. The van der Waals surface area contributed by atoms with Crippen LogP contribution in [0.4, 0.5) is 9.59 Å². The van der Waals surface area contributed by atoms with E-state index in [1.54, 1.807) is 17.2 Å². The zero-order valence-corrected chi connectivity index (χ0v) is 7.70. The molecular formula is C6H8N4O5. The number of nitrogens with one attached hydrogen (secondary N) is 3. The van der Waals surface area contributed by atoms with Gasteiger partial charge in [0.15, 0.2) is 0 Å². The number of H-pyrrole nitrogens is 2. The zero-order valence-electron chi connectivity index (χ0n) is 7.70. The molecule has 82 valence electrons. The van der Waals surface area contributed by atoms with Gasteiger partial charge < -0.3 is 4.74 Å². The number of aromatic nitrogens is 3. The van der Waals surface area contributed by atoms with E-state index < -0.39 is 23.5 Å².